The van der Waals surface area contributed by atoms with Crippen molar-refractivity contribution in [1.29, 1.82) is 0 Å². The third-order valence-electron chi connectivity index (χ3n) is 5.61. The number of benzene rings is 1. The number of amides is 2. The van der Waals surface area contributed by atoms with E-state index in [1.165, 1.54) is 14.2 Å². The zero-order chi connectivity index (χ0) is 25.5. The van der Waals surface area contributed by atoms with Gasteiger partial charge in [-0.05, 0) is 27.6 Å². The lowest BCUT2D eigenvalue weighted by atomic mass is 9.90. The van der Waals surface area contributed by atoms with Gasteiger partial charge in [0, 0.05) is 20.7 Å². The summed E-state index contributed by atoms with van der Waals surface area (Å²) < 4.78 is 26.9. The summed E-state index contributed by atoms with van der Waals surface area (Å²) >= 11 is 3.54. The Balaban J connectivity index is 1.77. The van der Waals surface area contributed by atoms with E-state index in [-0.39, 0.29) is 38.0 Å². The van der Waals surface area contributed by atoms with E-state index in [0.717, 1.165) is 4.90 Å². The number of imide groups is 1. The average Bonchev–Trinajstić information content (AvgIpc) is 3.31. The summed E-state index contributed by atoms with van der Waals surface area (Å²) in [7, 11) is 4.48. The number of halogens is 1. The molecule has 1 aromatic carbocycles. The zero-order valence-corrected chi connectivity index (χ0v) is 21.4. The van der Waals surface area contributed by atoms with Gasteiger partial charge in [0.25, 0.3) is 5.91 Å². The minimum Gasteiger partial charge on any atom is -0.493 e. The Morgan fingerprint density at radius 1 is 1.17 bits per heavy atom. The van der Waals surface area contributed by atoms with Crippen molar-refractivity contribution < 1.29 is 42.9 Å². The number of likely N-dealkylation sites (tertiary alicyclic amines) is 1. The van der Waals surface area contributed by atoms with E-state index < -0.39 is 29.9 Å². The molecule has 0 N–H and O–H groups in total. The largest absolute Gasteiger partial charge is 0.493 e. The highest BCUT2D eigenvalue weighted by Crippen LogP contribution is 2.49. The average molecular weight is 557 g/mol. The van der Waals surface area contributed by atoms with Gasteiger partial charge in [-0.2, -0.15) is 5.06 Å². The van der Waals surface area contributed by atoms with Crippen molar-refractivity contribution in [3.8, 4) is 11.5 Å². The molecule has 2 saturated heterocycles. The molecular weight excluding hydrogens is 528 g/mol. The Hall–Kier alpha value is -2.51. The Kier molecular flexibility index (Phi) is 9.63. The number of ether oxygens (including phenoxy) is 5. The van der Waals surface area contributed by atoms with Crippen LogP contribution >= 0.6 is 15.9 Å². The molecule has 12 heteroatoms. The number of carbonyl (C=O) groups is 3. The van der Waals surface area contributed by atoms with Crippen LogP contribution in [0.1, 0.15) is 11.6 Å². The normalized spacial score (nSPS) is 21.8. The molecule has 35 heavy (non-hydrogen) atoms. The van der Waals surface area contributed by atoms with Gasteiger partial charge in [0.05, 0.1) is 43.4 Å². The molecule has 1 aromatic rings. The van der Waals surface area contributed by atoms with Crippen molar-refractivity contribution in [3.05, 3.63) is 34.8 Å². The maximum Gasteiger partial charge on any atom is 0.344 e. The van der Waals surface area contributed by atoms with Crippen LogP contribution in [0.5, 0.6) is 11.5 Å². The van der Waals surface area contributed by atoms with Gasteiger partial charge in [0.1, 0.15) is 6.61 Å². The maximum absolute atomic E-state index is 12.9. The first-order chi connectivity index (χ1) is 16.8. The smallest absolute Gasteiger partial charge is 0.344 e. The highest BCUT2D eigenvalue weighted by Gasteiger charge is 2.58. The lowest BCUT2D eigenvalue weighted by Crippen LogP contribution is -2.34. The second kappa shape index (κ2) is 12.5. The predicted molar refractivity (Wildman–Crippen MR) is 126 cm³/mol. The molecule has 11 nitrogen and oxygen atoms in total. The van der Waals surface area contributed by atoms with Gasteiger partial charge in [-0.1, -0.05) is 12.1 Å². The molecule has 2 aliphatic heterocycles. The van der Waals surface area contributed by atoms with Crippen LogP contribution in [0.25, 0.3) is 0 Å². The number of likely N-dealkylation sites (N-methyl/N-ethyl adjacent to an activating group) is 1. The second-order valence-electron chi connectivity index (χ2n) is 7.73. The van der Waals surface area contributed by atoms with Gasteiger partial charge < -0.3 is 23.7 Å². The molecule has 3 rings (SSSR count). The van der Waals surface area contributed by atoms with Crippen molar-refractivity contribution in [2.75, 3.05) is 60.8 Å². The summed E-state index contributed by atoms with van der Waals surface area (Å²) in [6.07, 6.45) is 0.702. The Morgan fingerprint density at radius 3 is 2.60 bits per heavy atom. The van der Waals surface area contributed by atoms with Crippen LogP contribution in [0.3, 0.4) is 0 Å². The molecule has 2 amide bonds. The summed E-state index contributed by atoms with van der Waals surface area (Å²) in [4.78, 5) is 44.5. The molecule has 2 fully saturated rings. The second-order valence-corrected chi connectivity index (χ2v) is 8.53. The lowest BCUT2D eigenvalue weighted by molar-refractivity contribution is -0.174. The highest BCUT2D eigenvalue weighted by molar-refractivity contribution is 9.10. The van der Waals surface area contributed by atoms with Gasteiger partial charge >= 0.3 is 5.97 Å². The number of hydroxylamine groups is 2. The third kappa shape index (κ3) is 5.84. The molecular formula is C23H29BrN2O9. The van der Waals surface area contributed by atoms with Crippen LogP contribution < -0.4 is 9.47 Å². The summed E-state index contributed by atoms with van der Waals surface area (Å²) in [5.74, 6) is -1.44. The van der Waals surface area contributed by atoms with Crippen LogP contribution in [-0.2, 0) is 33.4 Å². The maximum atomic E-state index is 12.9. The summed E-state index contributed by atoms with van der Waals surface area (Å²) in [6.45, 7) is 4.82. The van der Waals surface area contributed by atoms with E-state index in [4.69, 9.17) is 28.5 Å². The van der Waals surface area contributed by atoms with Crippen molar-refractivity contribution in [1.82, 2.24) is 9.96 Å². The summed E-state index contributed by atoms with van der Waals surface area (Å²) in [5, 5.41) is 1.55. The molecule has 0 unspecified atom stereocenters. The first-order valence-electron chi connectivity index (χ1n) is 10.9. The van der Waals surface area contributed by atoms with E-state index in [1.54, 1.807) is 30.4 Å². The molecule has 0 spiro atoms. The molecule has 2 heterocycles. The fourth-order valence-corrected chi connectivity index (χ4v) is 4.63. The summed E-state index contributed by atoms with van der Waals surface area (Å²) in [6, 6.07) is 2.82. The minimum atomic E-state index is -0.920. The number of carbonyl (C=O) groups excluding carboxylic acids is 3. The Bertz CT molecular complexity index is 957. The number of nitrogens with zero attached hydrogens (tertiary/aromatic N) is 2. The van der Waals surface area contributed by atoms with Crippen LogP contribution in [0.4, 0.5) is 0 Å². The molecule has 0 aromatic heterocycles. The summed E-state index contributed by atoms with van der Waals surface area (Å²) in [5.41, 5.74) is 0.631. The van der Waals surface area contributed by atoms with Gasteiger partial charge in [-0.25, -0.2) is 4.79 Å². The Morgan fingerprint density at radius 2 is 1.91 bits per heavy atom. The van der Waals surface area contributed by atoms with Crippen LogP contribution in [0.2, 0.25) is 0 Å². The molecule has 3 atom stereocenters. The third-order valence-corrected chi connectivity index (χ3v) is 6.43. The fraction of sp³-hybridized carbons (Fsp3) is 0.522. The predicted octanol–water partition coefficient (Wildman–Crippen LogP) is 1.50. The number of methoxy groups -OCH3 is 2. The fourth-order valence-electron chi connectivity index (χ4n) is 3.95. The van der Waals surface area contributed by atoms with E-state index in [0.29, 0.717) is 29.0 Å². The Labute approximate surface area is 211 Å². The molecule has 0 aliphatic carbocycles. The number of esters is 1. The SMILES string of the molecule is C=CCN1O[C@H]2C(=O)N(C)C(=O)[C@H]2[C@@H]1c1ccc(OC)c(OCC(=O)OCCOCCOC)c1Br. The van der Waals surface area contributed by atoms with Gasteiger partial charge in [0.15, 0.2) is 24.2 Å². The first-order valence-corrected chi connectivity index (χ1v) is 11.7. The van der Waals surface area contributed by atoms with Crippen LogP contribution in [0, 0.1) is 5.92 Å². The van der Waals surface area contributed by atoms with Gasteiger partial charge in [-0.15, -0.1) is 6.58 Å². The van der Waals surface area contributed by atoms with E-state index >= 15 is 0 Å². The van der Waals surface area contributed by atoms with E-state index in [9.17, 15) is 14.4 Å². The molecule has 0 bridgehead atoms. The number of fused-ring (bicyclic) bond motifs is 1. The number of hydrogen-bond donors (Lipinski definition) is 0. The van der Waals surface area contributed by atoms with Gasteiger partial charge in [0.2, 0.25) is 5.91 Å². The first kappa shape index (κ1) is 27.1. The quantitative estimate of drug-likeness (QED) is 0.153. The minimum absolute atomic E-state index is 0.0763. The lowest BCUT2D eigenvalue weighted by Gasteiger charge is -2.27. The molecule has 2 aliphatic rings. The van der Waals surface area contributed by atoms with E-state index in [2.05, 4.69) is 22.5 Å². The molecule has 0 saturated carbocycles. The van der Waals surface area contributed by atoms with Crippen molar-refractivity contribution in [2.24, 2.45) is 5.92 Å². The van der Waals surface area contributed by atoms with Gasteiger partial charge in [-0.3, -0.25) is 19.3 Å². The van der Waals surface area contributed by atoms with Crippen molar-refractivity contribution >= 4 is 33.7 Å². The topological polar surface area (TPSA) is 113 Å². The number of hydrogen-bond acceptors (Lipinski definition) is 10. The highest BCUT2D eigenvalue weighted by atomic mass is 79.9. The monoisotopic (exact) mass is 556 g/mol. The van der Waals surface area contributed by atoms with Crippen molar-refractivity contribution in [2.45, 2.75) is 12.1 Å². The molecule has 192 valence electrons. The van der Waals surface area contributed by atoms with E-state index in [1.807, 2.05) is 0 Å². The zero-order valence-electron chi connectivity index (χ0n) is 19.9. The number of rotatable bonds is 13. The van der Waals surface area contributed by atoms with Crippen LogP contribution in [0.15, 0.2) is 29.3 Å². The molecule has 0 radical (unpaired) electrons. The standard InChI is InChI=1S/C23H29BrN2O9/c1-5-8-26-19(17-21(35-26)23(29)25(2)22(17)28)14-6-7-15(31-4)20(18(14)24)34-13-16(27)33-12-11-32-10-9-30-3/h5-7,17,19,21H,1,8-13H2,2-4H3/t17-,19-,21+/m0/s1. The van der Waals surface area contributed by atoms with Crippen molar-refractivity contribution in [3.63, 3.8) is 0 Å². The van der Waals surface area contributed by atoms with Crippen LogP contribution in [-0.4, -0.2) is 94.7 Å².